The third-order valence-electron chi connectivity index (χ3n) is 3.51. The van der Waals surface area contributed by atoms with E-state index in [4.69, 9.17) is 16.7 Å². The lowest BCUT2D eigenvalue weighted by atomic mass is 10.2. The molecule has 27 heavy (non-hydrogen) atoms. The highest BCUT2D eigenvalue weighted by Crippen LogP contribution is 2.22. The van der Waals surface area contributed by atoms with Crippen LogP contribution in [0.3, 0.4) is 0 Å². The summed E-state index contributed by atoms with van der Waals surface area (Å²) in [6, 6.07) is 13.2. The lowest BCUT2D eigenvalue weighted by Gasteiger charge is -2.07. The first kappa shape index (κ1) is 18.9. The van der Waals surface area contributed by atoms with Crippen molar-refractivity contribution in [2.24, 2.45) is 0 Å². The number of amides is 1. The number of anilines is 1. The summed E-state index contributed by atoms with van der Waals surface area (Å²) in [4.78, 5) is 23.0. The molecular formula is C17H14ClN5O3S. The minimum Gasteiger partial charge on any atom is -0.478 e. The number of carboxylic acids is 1. The van der Waals surface area contributed by atoms with Crippen molar-refractivity contribution >= 4 is 40.9 Å². The van der Waals surface area contributed by atoms with E-state index in [2.05, 4.69) is 20.8 Å². The van der Waals surface area contributed by atoms with Crippen LogP contribution in [0.25, 0.3) is 5.69 Å². The van der Waals surface area contributed by atoms with Crippen molar-refractivity contribution in [2.45, 2.75) is 11.6 Å². The number of tetrazole rings is 1. The first-order valence-corrected chi connectivity index (χ1v) is 9.20. The van der Waals surface area contributed by atoms with Gasteiger partial charge in [-0.3, -0.25) is 4.79 Å². The minimum absolute atomic E-state index is 0.166. The van der Waals surface area contributed by atoms with Gasteiger partial charge in [0.25, 0.3) is 0 Å². The summed E-state index contributed by atoms with van der Waals surface area (Å²) in [5.41, 5.74) is 1.38. The van der Waals surface area contributed by atoms with Crippen molar-refractivity contribution in [3.05, 3.63) is 59.1 Å². The predicted octanol–water partition coefficient (Wildman–Crippen LogP) is 3.13. The van der Waals surface area contributed by atoms with Crippen molar-refractivity contribution in [3.8, 4) is 5.69 Å². The SMILES string of the molecule is O=C(CCSc1nnnn1-c1ccc(C(=O)O)cc1)Nc1ccccc1Cl. The van der Waals surface area contributed by atoms with Gasteiger partial charge in [-0.15, -0.1) is 5.10 Å². The molecule has 1 aromatic heterocycles. The van der Waals surface area contributed by atoms with Crippen molar-refractivity contribution in [1.29, 1.82) is 0 Å². The summed E-state index contributed by atoms with van der Waals surface area (Å²) in [7, 11) is 0. The lowest BCUT2D eigenvalue weighted by molar-refractivity contribution is -0.115. The molecule has 2 aromatic carbocycles. The molecule has 0 atom stereocenters. The lowest BCUT2D eigenvalue weighted by Crippen LogP contribution is -2.12. The third-order valence-corrected chi connectivity index (χ3v) is 4.76. The third kappa shape index (κ3) is 4.83. The van der Waals surface area contributed by atoms with Crippen molar-refractivity contribution in [2.75, 3.05) is 11.1 Å². The molecular weight excluding hydrogens is 390 g/mol. The van der Waals surface area contributed by atoms with Gasteiger partial charge in [-0.2, -0.15) is 4.68 Å². The van der Waals surface area contributed by atoms with Crippen LogP contribution < -0.4 is 5.32 Å². The van der Waals surface area contributed by atoms with E-state index in [9.17, 15) is 9.59 Å². The summed E-state index contributed by atoms with van der Waals surface area (Å²) in [6.07, 6.45) is 0.251. The number of para-hydroxylation sites is 1. The van der Waals surface area contributed by atoms with Crippen LogP contribution in [-0.4, -0.2) is 42.9 Å². The Kier molecular flexibility index (Phi) is 6.05. The van der Waals surface area contributed by atoms with Crippen LogP contribution in [0, 0.1) is 0 Å². The number of nitrogens with zero attached hydrogens (tertiary/aromatic N) is 4. The fourth-order valence-corrected chi connectivity index (χ4v) is 3.20. The van der Waals surface area contributed by atoms with Crippen molar-refractivity contribution < 1.29 is 14.7 Å². The molecule has 0 radical (unpaired) electrons. The average molecular weight is 404 g/mol. The number of halogens is 1. The van der Waals surface area contributed by atoms with Gasteiger partial charge in [0.15, 0.2) is 0 Å². The number of aromatic nitrogens is 4. The number of carbonyl (C=O) groups excluding carboxylic acids is 1. The molecule has 3 rings (SSSR count). The van der Waals surface area contributed by atoms with E-state index in [0.717, 1.165) is 0 Å². The van der Waals surface area contributed by atoms with Gasteiger partial charge >= 0.3 is 5.97 Å². The fraction of sp³-hybridized carbons (Fsp3) is 0.118. The van der Waals surface area contributed by atoms with E-state index in [1.807, 2.05) is 0 Å². The molecule has 0 saturated heterocycles. The number of aromatic carboxylic acids is 1. The van der Waals surface area contributed by atoms with Gasteiger partial charge in [0.2, 0.25) is 11.1 Å². The van der Waals surface area contributed by atoms with Gasteiger partial charge in [-0.25, -0.2) is 4.79 Å². The molecule has 0 aliphatic heterocycles. The molecule has 0 aliphatic carbocycles. The molecule has 3 aromatic rings. The largest absolute Gasteiger partial charge is 0.478 e. The van der Waals surface area contributed by atoms with Crippen molar-refractivity contribution in [3.63, 3.8) is 0 Å². The van der Waals surface area contributed by atoms with Crippen molar-refractivity contribution in [1.82, 2.24) is 20.2 Å². The van der Waals surface area contributed by atoms with Gasteiger partial charge < -0.3 is 10.4 Å². The second-order valence-corrected chi connectivity index (χ2v) is 6.82. The number of benzene rings is 2. The Hall–Kier alpha value is -2.91. The molecule has 10 heteroatoms. The van der Waals surface area contributed by atoms with Gasteiger partial charge in [0.1, 0.15) is 0 Å². The molecule has 0 saturated carbocycles. The molecule has 0 bridgehead atoms. The Labute approximate surface area is 163 Å². The highest BCUT2D eigenvalue weighted by molar-refractivity contribution is 7.99. The fourth-order valence-electron chi connectivity index (χ4n) is 2.19. The molecule has 2 N–H and O–H groups in total. The molecule has 1 amide bonds. The van der Waals surface area contributed by atoms with Crippen LogP contribution in [-0.2, 0) is 4.79 Å². The molecule has 1 heterocycles. The minimum atomic E-state index is -1.00. The number of nitrogens with one attached hydrogen (secondary N) is 1. The zero-order chi connectivity index (χ0) is 19.2. The zero-order valence-corrected chi connectivity index (χ0v) is 15.4. The first-order valence-electron chi connectivity index (χ1n) is 7.84. The molecule has 0 spiro atoms. The number of hydrogen-bond acceptors (Lipinski definition) is 6. The van der Waals surface area contributed by atoms with Gasteiger partial charge in [0.05, 0.1) is 22.0 Å². The normalized spacial score (nSPS) is 10.6. The summed E-state index contributed by atoms with van der Waals surface area (Å²) in [5, 5.41) is 24.2. The van der Waals surface area contributed by atoms with Gasteiger partial charge in [0, 0.05) is 12.2 Å². The number of rotatable bonds is 7. The maximum absolute atomic E-state index is 12.1. The average Bonchev–Trinajstić information content (AvgIpc) is 3.12. The number of hydrogen-bond donors (Lipinski definition) is 2. The Balaban J connectivity index is 1.58. The predicted molar refractivity (Wildman–Crippen MR) is 102 cm³/mol. The molecule has 138 valence electrons. The number of thioether (sulfide) groups is 1. The Morgan fingerprint density at radius 3 is 2.59 bits per heavy atom. The molecule has 0 aliphatic rings. The molecule has 8 nitrogen and oxygen atoms in total. The van der Waals surface area contributed by atoms with E-state index >= 15 is 0 Å². The Morgan fingerprint density at radius 1 is 1.15 bits per heavy atom. The van der Waals surface area contributed by atoms with Crippen LogP contribution in [0.15, 0.2) is 53.7 Å². The maximum Gasteiger partial charge on any atom is 0.335 e. The second kappa shape index (κ2) is 8.65. The number of carbonyl (C=O) groups is 2. The summed E-state index contributed by atoms with van der Waals surface area (Å²) in [5.74, 6) is -0.707. The summed E-state index contributed by atoms with van der Waals surface area (Å²) in [6.45, 7) is 0. The zero-order valence-electron chi connectivity index (χ0n) is 13.9. The first-order chi connectivity index (χ1) is 13.0. The van der Waals surface area contributed by atoms with Gasteiger partial charge in [-0.1, -0.05) is 35.5 Å². The standard InChI is InChI=1S/C17H14ClN5O3S/c18-13-3-1-2-4-14(13)19-15(24)9-10-27-17-20-21-22-23(17)12-7-5-11(6-8-12)16(25)26/h1-8H,9-10H2,(H,19,24)(H,25,26). The van der Waals surface area contributed by atoms with Crippen LogP contribution in [0.2, 0.25) is 5.02 Å². The molecule has 0 fully saturated rings. The van der Waals surface area contributed by atoms with Crippen LogP contribution in [0.4, 0.5) is 5.69 Å². The highest BCUT2D eigenvalue weighted by atomic mass is 35.5. The van der Waals surface area contributed by atoms with Gasteiger partial charge in [-0.05, 0) is 46.8 Å². The second-order valence-electron chi connectivity index (χ2n) is 5.35. The number of carboxylic acid groups (broad SMARTS) is 1. The maximum atomic E-state index is 12.1. The Bertz CT molecular complexity index is 961. The van der Waals surface area contributed by atoms with E-state index in [-0.39, 0.29) is 17.9 Å². The summed E-state index contributed by atoms with van der Waals surface area (Å²) < 4.78 is 1.49. The highest BCUT2D eigenvalue weighted by Gasteiger charge is 2.12. The van der Waals surface area contributed by atoms with Crippen LogP contribution >= 0.6 is 23.4 Å². The van der Waals surface area contributed by atoms with E-state index in [1.165, 1.54) is 28.6 Å². The van der Waals surface area contributed by atoms with E-state index in [0.29, 0.717) is 27.3 Å². The quantitative estimate of drug-likeness (QED) is 0.583. The van der Waals surface area contributed by atoms with Crippen LogP contribution in [0.1, 0.15) is 16.8 Å². The smallest absolute Gasteiger partial charge is 0.335 e. The van der Waals surface area contributed by atoms with Crippen LogP contribution in [0.5, 0.6) is 0 Å². The summed E-state index contributed by atoms with van der Waals surface area (Å²) >= 11 is 7.34. The molecule has 0 unspecified atom stereocenters. The van der Waals surface area contributed by atoms with E-state index in [1.54, 1.807) is 36.4 Å². The Morgan fingerprint density at radius 2 is 1.89 bits per heavy atom. The topological polar surface area (TPSA) is 110 Å². The monoisotopic (exact) mass is 403 g/mol. The van der Waals surface area contributed by atoms with E-state index < -0.39 is 5.97 Å².